The Hall–Kier alpha value is -0.490. The Morgan fingerprint density at radius 2 is 2.11 bits per heavy atom. The molecule has 0 N–H and O–H groups in total. The predicted octanol–water partition coefficient (Wildman–Crippen LogP) is 2.82. The molecule has 2 rings (SSSR count). The molecule has 0 amide bonds. The minimum atomic E-state index is -3.58. The molecule has 4 nitrogen and oxygen atoms in total. The van der Waals surface area contributed by atoms with Gasteiger partial charge in [0.1, 0.15) is 5.75 Å². The van der Waals surface area contributed by atoms with Crippen LogP contribution >= 0.6 is 22.3 Å². The average molecular weight is 325 g/mol. The highest BCUT2D eigenvalue weighted by atomic mass is 35.7. The molecule has 7 heteroatoms. The van der Waals surface area contributed by atoms with Crippen molar-refractivity contribution in [2.24, 2.45) is 5.41 Å². The van der Waals surface area contributed by atoms with E-state index in [4.69, 9.17) is 31.8 Å². The van der Waals surface area contributed by atoms with Crippen molar-refractivity contribution in [2.75, 3.05) is 19.8 Å². The highest BCUT2D eigenvalue weighted by Gasteiger charge is 2.34. The molecule has 106 valence electrons. The van der Waals surface area contributed by atoms with Gasteiger partial charge in [-0.1, -0.05) is 24.6 Å². The van der Waals surface area contributed by atoms with Crippen molar-refractivity contribution in [3.63, 3.8) is 0 Å². The summed E-state index contributed by atoms with van der Waals surface area (Å²) in [5, 5.41) is 0.377. The Kier molecular flexibility index (Phi) is 4.30. The van der Waals surface area contributed by atoms with Gasteiger partial charge < -0.3 is 9.47 Å². The van der Waals surface area contributed by atoms with Gasteiger partial charge in [0.25, 0.3) is 0 Å². The predicted molar refractivity (Wildman–Crippen MR) is 74.3 cm³/mol. The summed E-state index contributed by atoms with van der Waals surface area (Å²) >= 11 is 6.05. The molecule has 1 aromatic rings. The van der Waals surface area contributed by atoms with E-state index in [-0.39, 0.29) is 11.2 Å². The summed E-state index contributed by atoms with van der Waals surface area (Å²) in [7, 11) is 1.61. The third-order valence-corrected chi connectivity index (χ3v) is 4.11. The molecule has 0 aliphatic carbocycles. The van der Waals surface area contributed by atoms with Gasteiger partial charge in [0.15, 0.2) is 0 Å². The van der Waals surface area contributed by atoms with Crippen LogP contribution in [0.5, 0.6) is 5.75 Å². The largest absolute Gasteiger partial charge is 0.491 e. The van der Waals surface area contributed by atoms with E-state index in [9.17, 15) is 8.42 Å². The zero-order chi connectivity index (χ0) is 14.1. The summed E-state index contributed by atoms with van der Waals surface area (Å²) in [6, 6.07) is 4.85. The lowest BCUT2D eigenvalue weighted by Gasteiger charge is -2.37. The summed E-state index contributed by atoms with van der Waals surface area (Å²) in [4.78, 5) is 0. The number of rotatable bonds is 5. The highest BCUT2D eigenvalue weighted by molar-refractivity contribution is 8.13. The van der Waals surface area contributed by atoms with E-state index in [1.54, 1.807) is 18.2 Å². The van der Waals surface area contributed by atoms with Crippen LogP contribution in [0.1, 0.15) is 12.5 Å². The molecule has 1 fully saturated rings. The molecule has 0 saturated carbocycles. The molecule has 1 aromatic carbocycles. The normalized spacial score (nSPS) is 17.8. The van der Waals surface area contributed by atoms with Crippen LogP contribution < -0.4 is 4.74 Å². The monoisotopic (exact) mass is 324 g/mol. The van der Waals surface area contributed by atoms with Gasteiger partial charge in [-0.25, -0.2) is 8.42 Å². The molecule has 0 unspecified atom stereocenters. The van der Waals surface area contributed by atoms with E-state index in [1.807, 2.05) is 0 Å². The lowest BCUT2D eigenvalue weighted by Crippen LogP contribution is -2.44. The van der Waals surface area contributed by atoms with Crippen molar-refractivity contribution in [3.8, 4) is 5.75 Å². The first-order valence-electron chi connectivity index (χ1n) is 5.69. The molecule has 1 aliphatic rings. The summed E-state index contributed by atoms with van der Waals surface area (Å²) in [6.07, 6.45) is 0. The third-order valence-electron chi connectivity index (χ3n) is 2.81. The minimum absolute atomic E-state index is 0.0292. The van der Waals surface area contributed by atoms with E-state index < -0.39 is 9.05 Å². The summed E-state index contributed by atoms with van der Waals surface area (Å²) in [5.41, 5.74) is 0.562. The van der Waals surface area contributed by atoms with Crippen LogP contribution in [0.2, 0.25) is 5.02 Å². The van der Waals surface area contributed by atoms with Crippen molar-refractivity contribution in [3.05, 3.63) is 28.8 Å². The number of hydrogen-bond donors (Lipinski definition) is 0. The van der Waals surface area contributed by atoms with Crippen LogP contribution in [0, 0.1) is 5.41 Å². The highest BCUT2D eigenvalue weighted by Crippen LogP contribution is 2.31. The molecular formula is C12H14Cl2O4S. The molecule has 0 bridgehead atoms. The summed E-state index contributed by atoms with van der Waals surface area (Å²) < 4.78 is 32.7. The van der Waals surface area contributed by atoms with Crippen LogP contribution in [-0.2, 0) is 19.5 Å². The number of halogens is 2. The fourth-order valence-electron chi connectivity index (χ4n) is 1.74. The van der Waals surface area contributed by atoms with Gasteiger partial charge in [-0.2, -0.15) is 0 Å². The Morgan fingerprint density at radius 3 is 2.58 bits per heavy atom. The maximum Gasteiger partial charge on any atom is 0.236 e. The van der Waals surface area contributed by atoms with E-state index >= 15 is 0 Å². The van der Waals surface area contributed by atoms with E-state index in [1.165, 1.54) is 0 Å². The molecule has 0 atom stereocenters. The molecule has 0 aromatic heterocycles. The fourth-order valence-corrected chi connectivity index (χ4v) is 2.95. The third kappa shape index (κ3) is 4.24. The number of hydrogen-bond acceptors (Lipinski definition) is 4. The van der Waals surface area contributed by atoms with Crippen LogP contribution in [0.25, 0.3) is 0 Å². The van der Waals surface area contributed by atoms with Gasteiger partial charge in [0.2, 0.25) is 9.05 Å². The second kappa shape index (κ2) is 5.48. The maximum absolute atomic E-state index is 11.0. The molecule has 0 spiro atoms. The van der Waals surface area contributed by atoms with Crippen molar-refractivity contribution in [1.82, 2.24) is 0 Å². The van der Waals surface area contributed by atoms with E-state index in [0.717, 1.165) is 0 Å². The molecule has 1 aliphatic heterocycles. The molecule has 1 saturated heterocycles. The van der Waals surface area contributed by atoms with Crippen LogP contribution in [0.4, 0.5) is 0 Å². The fraction of sp³-hybridized carbons (Fsp3) is 0.500. The van der Waals surface area contributed by atoms with Gasteiger partial charge in [0.05, 0.1) is 30.6 Å². The number of ether oxygens (including phenoxy) is 2. The van der Waals surface area contributed by atoms with Crippen molar-refractivity contribution in [1.29, 1.82) is 0 Å². The average Bonchev–Trinajstić information content (AvgIpc) is 2.23. The lowest BCUT2D eigenvalue weighted by molar-refractivity contribution is -0.120. The van der Waals surface area contributed by atoms with Crippen molar-refractivity contribution >= 4 is 31.3 Å². The Morgan fingerprint density at radius 1 is 1.42 bits per heavy atom. The van der Waals surface area contributed by atoms with Crippen LogP contribution in [-0.4, -0.2) is 28.2 Å². The zero-order valence-electron chi connectivity index (χ0n) is 10.4. The summed E-state index contributed by atoms with van der Waals surface area (Å²) in [6.45, 7) is 3.93. The van der Waals surface area contributed by atoms with Crippen LogP contribution in [0.3, 0.4) is 0 Å². The van der Waals surface area contributed by atoms with Gasteiger partial charge in [-0.3, -0.25) is 0 Å². The van der Waals surface area contributed by atoms with E-state index in [0.29, 0.717) is 36.2 Å². The standard InChI is InChI=1S/C12H14Cl2O4S/c1-12(6-17-7-12)8-18-11-3-2-9(4-10(11)13)5-19(14,15)16/h2-4H,5-8H2,1H3. The Balaban J connectivity index is 2.02. The minimum Gasteiger partial charge on any atom is -0.491 e. The zero-order valence-corrected chi connectivity index (χ0v) is 12.7. The first-order valence-corrected chi connectivity index (χ1v) is 8.54. The molecule has 1 heterocycles. The quantitative estimate of drug-likeness (QED) is 0.781. The van der Waals surface area contributed by atoms with Gasteiger partial charge >= 0.3 is 0 Å². The topological polar surface area (TPSA) is 52.6 Å². The second-order valence-electron chi connectivity index (χ2n) is 5.04. The Bertz CT molecular complexity index is 567. The summed E-state index contributed by atoms with van der Waals surface area (Å²) in [5.74, 6) is 0.283. The number of benzene rings is 1. The molecule has 19 heavy (non-hydrogen) atoms. The van der Waals surface area contributed by atoms with Crippen LogP contribution in [0.15, 0.2) is 18.2 Å². The van der Waals surface area contributed by atoms with Gasteiger partial charge in [-0.15, -0.1) is 0 Å². The van der Waals surface area contributed by atoms with Crippen molar-refractivity contribution < 1.29 is 17.9 Å². The molecular weight excluding hydrogens is 311 g/mol. The van der Waals surface area contributed by atoms with E-state index in [2.05, 4.69) is 6.92 Å². The smallest absolute Gasteiger partial charge is 0.236 e. The second-order valence-corrected chi connectivity index (χ2v) is 8.22. The SMILES string of the molecule is CC1(COc2ccc(CS(=O)(=O)Cl)cc2Cl)COC1. The van der Waals surface area contributed by atoms with Gasteiger partial charge in [0, 0.05) is 16.1 Å². The maximum atomic E-state index is 11.0. The van der Waals surface area contributed by atoms with Gasteiger partial charge in [-0.05, 0) is 17.7 Å². The molecule has 0 radical (unpaired) electrons. The first kappa shape index (κ1) is 14.9. The Labute approximate surface area is 122 Å². The lowest BCUT2D eigenvalue weighted by atomic mass is 9.90. The van der Waals surface area contributed by atoms with Crippen molar-refractivity contribution in [2.45, 2.75) is 12.7 Å². The first-order chi connectivity index (χ1) is 8.77.